The van der Waals surface area contributed by atoms with Crippen molar-refractivity contribution in [3.05, 3.63) is 21.0 Å². The summed E-state index contributed by atoms with van der Waals surface area (Å²) < 4.78 is 4.70. The molecule has 1 aliphatic carbocycles. The van der Waals surface area contributed by atoms with Crippen molar-refractivity contribution in [1.29, 1.82) is 5.39 Å². The highest BCUT2D eigenvalue weighted by molar-refractivity contribution is 7.16. The van der Waals surface area contributed by atoms with Gasteiger partial charge in [-0.3, -0.25) is 0 Å². The van der Waals surface area contributed by atoms with E-state index >= 15 is 0 Å². The Labute approximate surface area is 91.5 Å². The van der Waals surface area contributed by atoms with Crippen molar-refractivity contribution in [2.24, 2.45) is 0 Å². The van der Waals surface area contributed by atoms with Gasteiger partial charge in [-0.05, 0) is 42.6 Å². The third-order valence-electron chi connectivity index (χ3n) is 2.63. The molecule has 0 bridgehead atoms. The third-order valence-corrected chi connectivity index (χ3v) is 3.81. The van der Waals surface area contributed by atoms with Crippen molar-refractivity contribution in [1.82, 2.24) is 0 Å². The molecule has 78 valence electrons. The van der Waals surface area contributed by atoms with Gasteiger partial charge in [0.2, 0.25) is 5.39 Å². The van der Waals surface area contributed by atoms with Gasteiger partial charge in [0, 0.05) is 4.88 Å². The molecule has 0 fully saturated rings. The topological polar surface area (TPSA) is 54.5 Å². The maximum atomic E-state index is 11.5. The van der Waals surface area contributed by atoms with Gasteiger partial charge in [-0.25, -0.2) is 4.79 Å². The molecular weight excluding hydrogens is 212 g/mol. The number of fused-ring (bicyclic) bond motifs is 1. The maximum absolute atomic E-state index is 11.5. The molecule has 0 radical (unpaired) electrons. The highest BCUT2D eigenvalue weighted by atomic mass is 32.1. The summed E-state index contributed by atoms with van der Waals surface area (Å²) in [6.07, 6.45) is 4.07. The molecule has 1 heterocycles. The molecule has 0 unspecified atom stereocenters. The Hall–Kier alpha value is -1.41. The van der Waals surface area contributed by atoms with Crippen LogP contribution in [0, 0.1) is 5.39 Å². The normalized spacial score (nSPS) is 14.1. The second-order valence-corrected chi connectivity index (χ2v) is 4.57. The monoisotopic (exact) mass is 223 g/mol. The second-order valence-electron chi connectivity index (χ2n) is 3.48. The number of esters is 1. The number of diazo groups is 1. The fraction of sp³-hybridized carbons (Fsp3) is 0.500. The number of thiophene rings is 1. The quantitative estimate of drug-likeness (QED) is 0.543. The summed E-state index contributed by atoms with van der Waals surface area (Å²) in [4.78, 5) is 15.9. The van der Waals surface area contributed by atoms with Crippen LogP contribution in [-0.4, -0.2) is 13.1 Å². The van der Waals surface area contributed by atoms with Crippen LogP contribution < -0.4 is 0 Å². The van der Waals surface area contributed by atoms with Crippen LogP contribution in [0.25, 0.3) is 4.98 Å². The zero-order chi connectivity index (χ0) is 10.8. The van der Waals surface area contributed by atoms with Gasteiger partial charge < -0.3 is 4.74 Å². The van der Waals surface area contributed by atoms with E-state index in [-0.39, 0.29) is 0 Å². The molecule has 0 N–H and O–H groups in total. The standard InChI is InChI=1S/C10H11N2O2S/c1-14-10(13)8-6-4-2-3-5-7(6)15-9(8)12-11/h2-5H2,1H3/q+1. The third kappa shape index (κ3) is 1.61. The summed E-state index contributed by atoms with van der Waals surface area (Å²) in [7, 11) is 1.34. The number of carbonyl (C=O) groups excluding carboxylic acids is 1. The number of carbonyl (C=O) groups is 1. The molecule has 0 saturated carbocycles. The number of nitrogens with zero attached hydrogens (tertiary/aromatic N) is 2. The molecule has 0 amide bonds. The Bertz CT molecular complexity index is 445. The van der Waals surface area contributed by atoms with Crippen molar-refractivity contribution in [3.63, 3.8) is 0 Å². The van der Waals surface area contributed by atoms with Crippen molar-refractivity contribution >= 4 is 22.3 Å². The first-order chi connectivity index (χ1) is 7.27. The number of aryl methyl sites for hydroxylation is 1. The second kappa shape index (κ2) is 3.99. The molecule has 1 aromatic heterocycles. The molecular formula is C10H11N2O2S+. The molecule has 1 aromatic rings. The first kappa shape index (κ1) is 10.1. The van der Waals surface area contributed by atoms with E-state index in [9.17, 15) is 4.79 Å². The molecule has 0 atom stereocenters. The molecule has 2 rings (SSSR count). The predicted molar refractivity (Wildman–Crippen MR) is 57.0 cm³/mol. The van der Waals surface area contributed by atoms with Gasteiger partial charge in [-0.1, -0.05) is 0 Å². The van der Waals surface area contributed by atoms with Crippen LogP contribution in [0.1, 0.15) is 33.6 Å². The number of methoxy groups -OCH3 is 1. The van der Waals surface area contributed by atoms with Crippen molar-refractivity contribution in [3.8, 4) is 0 Å². The highest BCUT2D eigenvalue weighted by Gasteiger charge is 2.33. The minimum absolute atomic E-state index is 0.383. The Morgan fingerprint density at radius 1 is 1.47 bits per heavy atom. The number of hydrogen-bond donors (Lipinski definition) is 0. The van der Waals surface area contributed by atoms with Crippen LogP contribution in [0.2, 0.25) is 0 Å². The molecule has 0 spiro atoms. The maximum Gasteiger partial charge on any atom is 0.455 e. The van der Waals surface area contributed by atoms with Crippen LogP contribution in [-0.2, 0) is 17.6 Å². The lowest BCUT2D eigenvalue weighted by molar-refractivity contribution is 0.0601. The van der Waals surface area contributed by atoms with Crippen LogP contribution in [0.4, 0.5) is 5.00 Å². The number of hydrogen-bond acceptors (Lipinski definition) is 4. The molecule has 0 saturated heterocycles. The van der Waals surface area contributed by atoms with Gasteiger partial charge in [0.15, 0.2) is 10.5 Å². The van der Waals surface area contributed by atoms with Crippen molar-refractivity contribution in [2.45, 2.75) is 25.7 Å². The van der Waals surface area contributed by atoms with Gasteiger partial charge in [-0.15, -0.1) is 0 Å². The summed E-state index contributed by atoms with van der Waals surface area (Å²) in [6, 6.07) is 0. The van der Waals surface area contributed by atoms with Crippen molar-refractivity contribution < 1.29 is 9.53 Å². The number of rotatable bonds is 1. The summed E-state index contributed by atoms with van der Waals surface area (Å²) >= 11 is 1.39. The molecule has 4 nitrogen and oxygen atoms in total. The SMILES string of the molecule is COC(=O)c1c([N+]#N)sc2c1CCCC2. The lowest BCUT2D eigenvalue weighted by Gasteiger charge is -2.10. The molecule has 0 aliphatic heterocycles. The minimum atomic E-state index is -0.401. The van der Waals surface area contributed by atoms with Gasteiger partial charge in [0.25, 0.3) is 0 Å². The van der Waals surface area contributed by atoms with Gasteiger partial charge in [0.05, 0.1) is 7.11 Å². The Morgan fingerprint density at radius 3 is 2.87 bits per heavy atom. The van der Waals surface area contributed by atoms with Crippen LogP contribution in [0.5, 0.6) is 0 Å². The van der Waals surface area contributed by atoms with Gasteiger partial charge in [0.1, 0.15) is 0 Å². The van der Waals surface area contributed by atoms with Crippen molar-refractivity contribution in [2.75, 3.05) is 7.11 Å². The van der Waals surface area contributed by atoms with Crippen LogP contribution >= 0.6 is 11.3 Å². The molecule has 5 heteroatoms. The average Bonchev–Trinajstić information content (AvgIpc) is 2.66. The van der Waals surface area contributed by atoms with E-state index in [0.717, 1.165) is 36.1 Å². The van der Waals surface area contributed by atoms with E-state index in [1.54, 1.807) is 0 Å². The average molecular weight is 223 g/mol. The molecule has 15 heavy (non-hydrogen) atoms. The Morgan fingerprint density at radius 2 is 2.20 bits per heavy atom. The first-order valence-electron chi connectivity index (χ1n) is 4.86. The summed E-state index contributed by atoms with van der Waals surface area (Å²) in [5, 5.41) is 9.22. The fourth-order valence-corrected chi connectivity index (χ4v) is 3.09. The van der Waals surface area contributed by atoms with Crippen LogP contribution in [0.3, 0.4) is 0 Å². The van der Waals surface area contributed by atoms with E-state index in [4.69, 9.17) is 10.1 Å². The number of ether oxygens (including phenoxy) is 1. The summed E-state index contributed by atoms with van der Waals surface area (Å²) in [6.45, 7) is 0. The smallest absolute Gasteiger partial charge is 0.455 e. The Balaban J connectivity index is 2.55. The Kier molecular flexibility index (Phi) is 2.69. The minimum Gasteiger partial charge on any atom is -0.465 e. The first-order valence-corrected chi connectivity index (χ1v) is 5.67. The van der Waals surface area contributed by atoms with Gasteiger partial charge >= 0.3 is 11.0 Å². The molecule has 1 aliphatic rings. The van der Waals surface area contributed by atoms with E-state index in [1.165, 1.54) is 18.4 Å². The highest BCUT2D eigenvalue weighted by Crippen LogP contribution is 2.40. The lowest BCUT2D eigenvalue weighted by atomic mass is 9.95. The summed E-state index contributed by atoms with van der Waals surface area (Å²) in [5.74, 6) is -0.401. The van der Waals surface area contributed by atoms with Crippen LogP contribution in [0.15, 0.2) is 0 Å². The largest absolute Gasteiger partial charge is 0.465 e. The van der Waals surface area contributed by atoms with E-state index in [2.05, 4.69) is 4.98 Å². The predicted octanol–water partition coefficient (Wildman–Crippen LogP) is 2.90. The van der Waals surface area contributed by atoms with E-state index in [0.29, 0.717) is 10.6 Å². The fourth-order valence-electron chi connectivity index (χ4n) is 1.93. The molecule has 0 aromatic carbocycles. The van der Waals surface area contributed by atoms with E-state index in [1.807, 2.05) is 0 Å². The lowest BCUT2D eigenvalue weighted by Crippen LogP contribution is -2.07. The zero-order valence-electron chi connectivity index (χ0n) is 8.45. The van der Waals surface area contributed by atoms with Gasteiger partial charge in [-0.2, -0.15) is 0 Å². The zero-order valence-corrected chi connectivity index (χ0v) is 9.26. The van der Waals surface area contributed by atoms with E-state index < -0.39 is 5.97 Å². The summed E-state index contributed by atoms with van der Waals surface area (Å²) in [5.41, 5.74) is 1.48.